The van der Waals surface area contributed by atoms with Gasteiger partial charge in [-0.25, -0.2) is 4.90 Å². The number of imide groups is 1. The van der Waals surface area contributed by atoms with Crippen molar-refractivity contribution in [3.05, 3.63) is 64.3 Å². The zero-order chi connectivity index (χ0) is 21.3. The summed E-state index contributed by atoms with van der Waals surface area (Å²) in [6.45, 7) is 5.87. The van der Waals surface area contributed by atoms with Gasteiger partial charge in [0, 0.05) is 18.1 Å². The van der Waals surface area contributed by atoms with E-state index in [1.54, 1.807) is 18.2 Å². The van der Waals surface area contributed by atoms with Gasteiger partial charge in [0.05, 0.1) is 17.9 Å². The van der Waals surface area contributed by atoms with Crippen LogP contribution in [0.5, 0.6) is 5.75 Å². The van der Waals surface area contributed by atoms with Crippen LogP contribution in [0, 0.1) is 6.92 Å². The maximum atomic E-state index is 13.6. The third-order valence-corrected chi connectivity index (χ3v) is 6.08. The van der Waals surface area contributed by atoms with Gasteiger partial charge in [-0.3, -0.25) is 9.59 Å². The summed E-state index contributed by atoms with van der Waals surface area (Å²) in [7, 11) is 0. The van der Waals surface area contributed by atoms with Crippen molar-refractivity contribution >= 4 is 34.7 Å². The highest BCUT2D eigenvalue weighted by atomic mass is 35.5. The molecule has 4 rings (SSSR count). The highest BCUT2D eigenvalue weighted by Crippen LogP contribution is 2.38. The highest BCUT2D eigenvalue weighted by Gasteiger charge is 2.43. The largest absolute Gasteiger partial charge is 0.494 e. The van der Waals surface area contributed by atoms with Crippen molar-refractivity contribution < 1.29 is 14.3 Å². The Morgan fingerprint density at radius 1 is 0.967 bits per heavy atom. The van der Waals surface area contributed by atoms with Gasteiger partial charge in [-0.2, -0.15) is 0 Å². The Labute approximate surface area is 181 Å². The molecule has 2 aromatic rings. The number of ether oxygens (including phenoxy) is 1. The molecule has 2 amide bonds. The number of carbonyl (C=O) groups excluding carboxylic acids is 2. The average Bonchev–Trinajstić information content (AvgIpc) is 3.02. The van der Waals surface area contributed by atoms with Crippen LogP contribution in [0.4, 0.5) is 5.69 Å². The Morgan fingerprint density at radius 3 is 2.33 bits per heavy atom. The summed E-state index contributed by atoms with van der Waals surface area (Å²) in [6.07, 6.45) is 3.16. The quantitative estimate of drug-likeness (QED) is 0.646. The van der Waals surface area contributed by atoms with Gasteiger partial charge in [0.1, 0.15) is 11.4 Å². The number of amides is 2. The van der Waals surface area contributed by atoms with Gasteiger partial charge in [-0.05, 0) is 68.5 Å². The summed E-state index contributed by atoms with van der Waals surface area (Å²) < 4.78 is 5.53. The molecule has 1 saturated heterocycles. The molecule has 6 heteroatoms. The summed E-state index contributed by atoms with van der Waals surface area (Å²) in [5.74, 6) is 0.145. The lowest BCUT2D eigenvalue weighted by atomic mass is 10.0. The lowest BCUT2D eigenvalue weighted by Crippen LogP contribution is -2.37. The second kappa shape index (κ2) is 8.52. The Hall–Kier alpha value is -2.79. The van der Waals surface area contributed by atoms with Crippen molar-refractivity contribution in [2.75, 3.05) is 24.6 Å². The van der Waals surface area contributed by atoms with Crippen LogP contribution in [0.1, 0.15) is 37.3 Å². The van der Waals surface area contributed by atoms with Crippen LogP contribution < -0.4 is 9.64 Å². The van der Waals surface area contributed by atoms with Gasteiger partial charge in [0.25, 0.3) is 11.8 Å². The van der Waals surface area contributed by atoms with Gasteiger partial charge in [-0.1, -0.05) is 29.8 Å². The Morgan fingerprint density at radius 2 is 1.67 bits per heavy atom. The molecule has 0 radical (unpaired) electrons. The number of anilines is 1. The van der Waals surface area contributed by atoms with E-state index in [2.05, 4.69) is 4.90 Å². The van der Waals surface area contributed by atoms with E-state index >= 15 is 0 Å². The maximum Gasteiger partial charge on any atom is 0.282 e. The predicted molar refractivity (Wildman–Crippen MR) is 119 cm³/mol. The van der Waals surface area contributed by atoms with E-state index in [1.807, 2.05) is 38.1 Å². The summed E-state index contributed by atoms with van der Waals surface area (Å²) >= 11 is 6.29. The van der Waals surface area contributed by atoms with Crippen molar-refractivity contribution in [3.63, 3.8) is 0 Å². The molecule has 0 bridgehead atoms. The third kappa shape index (κ3) is 3.58. The zero-order valence-corrected chi connectivity index (χ0v) is 18.0. The van der Waals surface area contributed by atoms with Crippen LogP contribution >= 0.6 is 11.6 Å². The standard InChI is InChI=1S/C24H25ClN2O3/c1-3-30-18-12-10-17(11-13-18)21-22(26-14-5-4-6-15-26)24(29)27(23(21)28)20-9-7-8-19(25)16(20)2/h7-13H,3-6,14-15H2,1-2H3. The Balaban J connectivity index is 1.81. The molecule has 2 aliphatic rings. The second-order valence-corrected chi connectivity index (χ2v) is 7.97. The van der Waals surface area contributed by atoms with Gasteiger partial charge < -0.3 is 9.64 Å². The molecule has 5 nitrogen and oxygen atoms in total. The number of hydrogen-bond acceptors (Lipinski definition) is 4. The van der Waals surface area contributed by atoms with Crippen LogP contribution in [0.15, 0.2) is 48.2 Å². The molecule has 0 saturated carbocycles. The third-order valence-electron chi connectivity index (χ3n) is 5.67. The van der Waals surface area contributed by atoms with E-state index < -0.39 is 0 Å². The van der Waals surface area contributed by atoms with Gasteiger partial charge in [-0.15, -0.1) is 0 Å². The highest BCUT2D eigenvalue weighted by molar-refractivity contribution is 6.46. The van der Waals surface area contributed by atoms with E-state index in [-0.39, 0.29) is 11.8 Å². The minimum atomic E-state index is -0.310. The number of piperidine rings is 1. The normalized spacial score (nSPS) is 17.2. The Bertz CT molecular complexity index is 1010. The fourth-order valence-electron chi connectivity index (χ4n) is 4.13. The lowest BCUT2D eigenvalue weighted by Gasteiger charge is -2.29. The van der Waals surface area contributed by atoms with Gasteiger partial charge in [0.15, 0.2) is 0 Å². The summed E-state index contributed by atoms with van der Waals surface area (Å²) in [5, 5.41) is 0.530. The topological polar surface area (TPSA) is 49.9 Å². The molecule has 0 spiro atoms. The molecule has 156 valence electrons. The van der Waals surface area contributed by atoms with E-state index in [0.29, 0.717) is 34.2 Å². The molecule has 2 aliphatic heterocycles. The van der Waals surface area contributed by atoms with E-state index in [0.717, 1.165) is 43.7 Å². The SMILES string of the molecule is CCOc1ccc(C2=C(N3CCCCC3)C(=O)N(c3cccc(Cl)c3C)C2=O)cc1. The number of halogens is 1. The fraction of sp³-hybridized carbons (Fsp3) is 0.333. The smallest absolute Gasteiger partial charge is 0.282 e. The van der Waals surface area contributed by atoms with Crippen molar-refractivity contribution in [3.8, 4) is 5.75 Å². The van der Waals surface area contributed by atoms with Crippen molar-refractivity contribution in [1.29, 1.82) is 0 Å². The van der Waals surface area contributed by atoms with E-state index in [9.17, 15) is 9.59 Å². The number of rotatable bonds is 5. The molecule has 0 aromatic heterocycles. The van der Waals surface area contributed by atoms with Crippen molar-refractivity contribution in [2.24, 2.45) is 0 Å². The first-order chi connectivity index (χ1) is 14.5. The Kier molecular flexibility index (Phi) is 5.82. The second-order valence-electron chi connectivity index (χ2n) is 7.56. The molecule has 30 heavy (non-hydrogen) atoms. The maximum absolute atomic E-state index is 13.6. The summed E-state index contributed by atoms with van der Waals surface area (Å²) in [6, 6.07) is 12.7. The van der Waals surface area contributed by atoms with Crippen LogP contribution in [-0.2, 0) is 9.59 Å². The molecule has 0 atom stereocenters. The fourth-order valence-corrected chi connectivity index (χ4v) is 4.30. The molecule has 0 N–H and O–H groups in total. The number of likely N-dealkylation sites (tertiary alicyclic amines) is 1. The van der Waals surface area contributed by atoms with E-state index in [1.165, 1.54) is 4.90 Å². The summed E-state index contributed by atoms with van der Waals surface area (Å²) in [4.78, 5) is 30.5. The zero-order valence-electron chi connectivity index (χ0n) is 17.3. The molecule has 2 aromatic carbocycles. The van der Waals surface area contributed by atoms with E-state index in [4.69, 9.17) is 16.3 Å². The minimum absolute atomic E-state index is 0.281. The lowest BCUT2D eigenvalue weighted by molar-refractivity contribution is -0.120. The molecule has 0 unspecified atom stereocenters. The van der Waals surface area contributed by atoms with Crippen molar-refractivity contribution in [1.82, 2.24) is 4.90 Å². The first kappa shape index (κ1) is 20.5. The number of carbonyl (C=O) groups is 2. The molecule has 1 fully saturated rings. The van der Waals surface area contributed by atoms with Crippen LogP contribution in [0.25, 0.3) is 5.57 Å². The first-order valence-electron chi connectivity index (χ1n) is 10.4. The minimum Gasteiger partial charge on any atom is -0.494 e. The molecular formula is C24H25ClN2O3. The monoisotopic (exact) mass is 424 g/mol. The van der Waals surface area contributed by atoms with Crippen LogP contribution in [0.2, 0.25) is 5.02 Å². The molecular weight excluding hydrogens is 400 g/mol. The van der Waals surface area contributed by atoms with Gasteiger partial charge >= 0.3 is 0 Å². The molecule has 2 heterocycles. The van der Waals surface area contributed by atoms with Crippen LogP contribution in [-0.4, -0.2) is 36.4 Å². The van der Waals surface area contributed by atoms with Crippen LogP contribution in [0.3, 0.4) is 0 Å². The van der Waals surface area contributed by atoms with Gasteiger partial charge in [0.2, 0.25) is 0 Å². The predicted octanol–water partition coefficient (Wildman–Crippen LogP) is 4.82. The van der Waals surface area contributed by atoms with Crippen molar-refractivity contribution in [2.45, 2.75) is 33.1 Å². The number of hydrogen-bond donors (Lipinski definition) is 0. The number of nitrogens with zero attached hydrogens (tertiary/aromatic N) is 2. The first-order valence-corrected chi connectivity index (χ1v) is 10.8. The number of benzene rings is 2. The average molecular weight is 425 g/mol. The summed E-state index contributed by atoms with van der Waals surface area (Å²) in [5.41, 5.74) is 2.91. The molecule has 0 aliphatic carbocycles.